The minimum Gasteiger partial charge on any atom is -0.494 e. The number of ether oxygens (including phenoxy) is 1. The van der Waals surface area contributed by atoms with Crippen molar-refractivity contribution in [2.24, 2.45) is 0 Å². The number of benzene rings is 2. The van der Waals surface area contributed by atoms with Gasteiger partial charge in [-0.2, -0.15) is 0 Å². The number of anilines is 4. The molecule has 0 saturated heterocycles. The lowest BCUT2D eigenvalue weighted by Crippen LogP contribution is -2.29. The molecule has 2 N–H and O–H groups in total. The Hall–Kier alpha value is -4.11. The molecular weight excluding hydrogens is 478 g/mol. The Morgan fingerprint density at radius 1 is 1.21 bits per heavy atom. The first-order valence-electron chi connectivity index (χ1n) is 14.2. The summed E-state index contributed by atoms with van der Waals surface area (Å²) in [6.07, 6.45) is 6.09. The molecule has 1 aliphatic heterocycles. The lowest BCUT2D eigenvalue weighted by Gasteiger charge is -2.25. The zero-order valence-electron chi connectivity index (χ0n) is 25.2. The number of hydrogen-bond acceptors (Lipinski definition) is 7. The van der Waals surface area contributed by atoms with E-state index in [-0.39, 0.29) is 5.91 Å². The van der Waals surface area contributed by atoms with Gasteiger partial charge in [0, 0.05) is 67.1 Å². The van der Waals surface area contributed by atoms with Crippen LogP contribution in [0.2, 0.25) is 0 Å². The maximum Gasteiger partial charge on any atom is 0.227 e. The highest BCUT2D eigenvalue weighted by Gasteiger charge is 2.19. The first-order chi connectivity index (χ1) is 19.5. The number of para-hydroxylation sites is 1. The molecule has 0 radical (unpaired) electrons. The predicted octanol–water partition coefficient (Wildman–Crippen LogP) is 4.75. The Labute approximate surface area is 227 Å². The topological polar surface area (TPSA) is 87.6 Å². The number of nitrogens with zero attached hydrogens (tertiary/aromatic N) is 5. The van der Waals surface area contributed by atoms with Crippen LogP contribution in [0.4, 0.5) is 23.0 Å². The molecule has 0 bridgehead atoms. The van der Waals surface area contributed by atoms with E-state index in [1.165, 1.54) is 28.3 Å². The lowest BCUT2D eigenvalue weighted by atomic mass is 10.0. The standard InChI is InChI=1S/C29H35N7O2/c1-19(37)31-24-16-25(27(38-5)17-26(24)35(4)15-14-34(2)3)33-29-30-12-11-23(32-29)22-18-36-13-7-9-20-8-6-10-21(22)28(20)36/h6,8,10-12,16-18H,7,9,13-15H2,1-5H3,(H,31,37)(H,30,32,33)/i2D3. The van der Waals surface area contributed by atoms with E-state index in [0.29, 0.717) is 41.8 Å². The Morgan fingerprint density at radius 3 is 2.87 bits per heavy atom. The summed E-state index contributed by atoms with van der Waals surface area (Å²) in [5.74, 6) is 0.676. The molecule has 0 unspecified atom stereocenters. The molecule has 1 amide bonds. The summed E-state index contributed by atoms with van der Waals surface area (Å²) in [5.41, 5.74) is 6.30. The summed E-state index contributed by atoms with van der Waals surface area (Å²) in [4.78, 5) is 24.6. The highest BCUT2D eigenvalue weighted by molar-refractivity contribution is 5.97. The molecule has 9 nitrogen and oxygen atoms in total. The molecule has 0 spiro atoms. The van der Waals surface area contributed by atoms with E-state index in [2.05, 4.69) is 44.6 Å². The number of carbonyl (C=O) groups is 1. The minimum atomic E-state index is -2.19. The van der Waals surface area contributed by atoms with Crippen LogP contribution in [0.1, 0.15) is 23.0 Å². The van der Waals surface area contributed by atoms with Gasteiger partial charge in [-0.25, -0.2) is 9.97 Å². The fourth-order valence-electron chi connectivity index (χ4n) is 5.01. The monoisotopic (exact) mass is 516 g/mol. The summed E-state index contributed by atoms with van der Waals surface area (Å²) in [5, 5.41) is 7.33. The number of aromatic nitrogens is 3. The third-order valence-electron chi connectivity index (χ3n) is 6.82. The molecule has 0 fully saturated rings. The Bertz CT molecular complexity index is 1580. The van der Waals surface area contributed by atoms with Gasteiger partial charge in [0.2, 0.25) is 11.9 Å². The average molecular weight is 517 g/mol. The van der Waals surface area contributed by atoms with Crippen molar-refractivity contribution in [2.45, 2.75) is 26.3 Å². The molecule has 198 valence electrons. The maximum atomic E-state index is 12.1. The van der Waals surface area contributed by atoms with Crippen molar-refractivity contribution >= 4 is 39.8 Å². The van der Waals surface area contributed by atoms with Gasteiger partial charge >= 0.3 is 0 Å². The number of hydrogen-bond donors (Lipinski definition) is 2. The van der Waals surface area contributed by atoms with Gasteiger partial charge in [-0.3, -0.25) is 4.79 Å². The molecule has 0 atom stereocenters. The molecule has 2 aromatic carbocycles. The molecule has 0 saturated carbocycles. The number of carbonyl (C=O) groups excluding carboxylic acids is 1. The Morgan fingerprint density at radius 2 is 2.08 bits per heavy atom. The van der Waals surface area contributed by atoms with Crippen molar-refractivity contribution in [3.8, 4) is 17.0 Å². The fraction of sp³-hybridized carbons (Fsp3) is 0.345. The van der Waals surface area contributed by atoms with E-state index in [1.54, 1.807) is 32.5 Å². The van der Waals surface area contributed by atoms with Crippen LogP contribution in [0, 0.1) is 0 Å². The number of amides is 1. The highest BCUT2D eigenvalue weighted by Crippen LogP contribution is 2.39. The third kappa shape index (κ3) is 5.15. The number of rotatable bonds is 9. The zero-order valence-corrected chi connectivity index (χ0v) is 22.2. The second-order valence-electron chi connectivity index (χ2n) is 9.64. The first-order valence-corrected chi connectivity index (χ1v) is 12.7. The van der Waals surface area contributed by atoms with Crippen molar-refractivity contribution in [3.63, 3.8) is 0 Å². The van der Waals surface area contributed by atoms with Crippen molar-refractivity contribution in [1.82, 2.24) is 19.4 Å². The summed E-state index contributed by atoms with van der Waals surface area (Å²) in [6.45, 7) is 0.953. The van der Waals surface area contributed by atoms with Crippen molar-refractivity contribution in [2.75, 3.05) is 56.8 Å². The summed E-state index contributed by atoms with van der Waals surface area (Å²) in [6, 6.07) is 11.9. The molecule has 38 heavy (non-hydrogen) atoms. The molecule has 4 aromatic rings. The van der Waals surface area contributed by atoms with Crippen LogP contribution in [-0.2, 0) is 17.8 Å². The summed E-state index contributed by atoms with van der Waals surface area (Å²) < 4.78 is 30.8. The van der Waals surface area contributed by atoms with E-state index in [4.69, 9.17) is 13.8 Å². The van der Waals surface area contributed by atoms with Crippen LogP contribution in [0.5, 0.6) is 5.75 Å². The second kappa shape index (κ2) is 10.7. The SMILES string of the molecule is [2H]C([2H])([2H])N(C)CCN(C)c1cc(OC)c(Nc2nccc(-c3cn4c5c(cccc35)CCC4)n2)cc1NC(C)=O. The van der Waals surface area contributed by atoms with Crippen LogP contribution in [0.3, 0.4) is 0 Å². The van der Waals surface area contributed by atoms with Gasteiger partial charge in [0.1, 0.15) is 5.75 Å². The van der Waals surface area contributed by atoms with E-state index in [9.17, 15) is 4.79 Å². The summed E-state index contributed by atoms with van der Waals surface area (Å²) >= 11 is 0. The quantitative estimate of drug-likeness (QED) is 0.332. The Balaban J connectivity index is 1.46. The fourth-order valence-corrected chi connectivity index (χ4v) is 5.01. The molecule has 0 aliphatic carbocycles. The van der Waals surface area contributed by atoms with E-state index >= 15 is 0 Å². The Kier molecular flexibility index (Phi) is 6.18. The molecule has 5 rings (SSSR count). The van der Waals surface area contributed by atoms with Gasteiger partial charge in [0.05, 0.1) is 35.4 Å². The normalized spacial score (nSPS) is 14.1. The van der Waals surface area contributed by atoms with Crippen LogP contribution in [0.15, 0.2) is 48.8 Å². The van der Waals surface area contributed by atoms with E-state index in [1.807, 2.05) is 18.0 Å². The van der Waals surface area contributed by atoms with Crippen LogP contribution < -0.4 is 20.3 Å². The molecular formula is C29H35N7O2. The zero-order chi connectivity index (χ0) is 29.3. The van der Waals surface area contributed by atoms with Crippen LogP contribution in [-0.4, -0.2) is 66.6 Å². The second-order valence-corrected chi connectivity index (χ2v) is 9.64. The largest absolute Gasteiger partial charge is 0.494 e. The van der Waals surface area contributed by atoms with Crippen LogP contribution in [0.25, 0.3) is 22.2 Å². The maximum absolute atomic E-state index is 12.1. The smallest absolute Gasteiger partial charge is 0.227 e. The van der Waals surface area contributed by atoms with Gasteiger partial charge in [-0.1, -0.05) is 18.2 Å². The highest BCUT2D eigenvalue weighted by atomic mass is 16.5. The van der Waals surface area contributed by atoms with Gasteiger partial charge in [-0.15, -0.1) is 0 Å². The minimum absolute atomic E-state index is 0.234. The van der Waals surface area contributed by atoms with Gasteiger partial charge in [0.25, 0.3) is 0 Å². The van der Waals surface area contributed by atoms with E-state index in [0.717, 1.165) is 30.6 Å². The molecule has 1 aliphatic rings. The third-order valence-corrected chi connectivity index (χ3v) is 6.82. The van der Waals surface area contributed by atoms with E-state index < -0.39 is 6.98 Å². The number of methoxy groups -OCH3 is 1. The van der Waals surface area contributed by atoms with Crippen molar-refractivity contribution in [1.29, 1.82) is 0 Å². The van der Waals surface area contributed by atoms with Gasteiger partial charge in [-0.05, 0) is 44.6 Å². The summed E-state index contributed by atoms with van der Waals surface area (Å²) in [7, 11) is 4.96. The average Bonchev–Trinajstić information content (AvgIpc) is 3.31. The lowest BCUT2D eigenvalue weighted by molar-refractivity contribution is -0.114. The predicted molar refractivity (Wildman–Crippen MR) is 154 cm³/mol. The number of aryl methyl sites for hydroxylation is 2. The van der Waals surface area contributed by atoms with Crippen molar-refractivity contribution in [3.05, 3.63) is 54.4 Å². The first kappa shape index (κ1) is 21.9. The molecule has 2 aromatic heterocycles. The molecule has 3 heterocycles. The van der Waals surface area contributed by atoms with Gasteiger partial charge < -0.3 is 29.7 Å². The molecule has 9 heteroatoms. The number of nitrogens with one attached hydrogen (secondary N) is 2. The van der Waals surface area contributed by atoms with Gasteiger partial charge in [0.15, 0.2) is 0 Å². The number of likely N-dealkylation sites (N-methyl/N-ethyl adjacent to an activating group) is 2. The van der Waals surface area contributed by atoms with Crippen LogP contribution >= 0.6 is 0 Å². The van der Waals surface area contributed by atoms with Crippen molar-refractivity contribution < 1.29 is 13.6 Å².